The summed E-state index contributed by atoms with van der Waals surface area (Å²) in [5, 5.41) is 0. The van der Waals surface area contributed by atoms with Gasteiger partial charge in [-0.05, 0) is 12.0 Å². The van der Waals surface area contributed by atoms with Gasteiger partial charge in [0, 0.05) is 12.8 Å². The van der Waals surface area contributed by atoms with Gasteiger partial charge in [0.25, 0.3) is 0 Å². The topological polar surface area (TPSA) is 26.3 Å². The second-order valence-corrected chi connectivity index (χ2v) is 4.13. The van der Waals surface area contributed by atoms with E-state index in [-0.39, 0.29) is 18.3 Å². The van der Waals surface area contributed by atoms with E-state index in [1.807, 2.05) is 30.3 Å². The lowest BCUT2D eigenvalue weighted by Gasteiger charge is -2.23. The molecule has 1 aromatic rings. The fourth-order valence-corrected chi connectivity index (χ4v) is 1.88. The van der Waals surface area contributed by atoms with Crippen molar-refractivity contribution in [1.29, 1.82) is 0 Å². The van der Waals surface area contributed by atoms with Crippen LogP contribution >= 0.6 is 0 Å². The molecule has 1 aromatic carbocycles. The van der Waals surface area contributed by atoms with Gasteiger partial charge >= 0.3 is 0 Å². The molecule has 0 radical (unpaired) electrons. The lowest BCUT2D eigenvalue weighted by molar-refractivity contribution is -0.129. The number of carbonyl (C=O) groups is 1. The Hall–Kier alpha value is -1.22. The van der Waals surface area contributed by atoms with E-state index in [0.717, 1.165) is 5.56 Å². The summed E-state index contributed by atoms with van der Waals surface area (Å²) in [6, 6.07) is 9.78. The minimum atomic E-state index is -1.32. The third-order valence-corrected chi connectivity index (χ3v) is 2.86. The second kappa shape index (κ2) is 5.21. The zero-order chi connectivity index (χ0) is 11.4. The molecule has 3 heteroatoms. The quantitative estimate of drug-likeness (QED) is 0.786. The van der Waals surface area contributed by atoms with Gasteiger partial charge in [-0.25, -0.2) is 4.39 Å². The molecular formula is C13H15FO2. The predicted octanol–water partition coefficient (Wildman–Crippen LogP) is 2.66. The Morgan fingerprint density at radius 2 is 2.06 bits per heavy atom. The summed E-state index contributed by atoms with van der Waals surface area (Å²) >= 11 is 0. The van der Waals surface area contributed by atoms with Crippen LogP contribution in [-0.2, 0) is 16.1 Å². The van der Waals surface area contributed by atoms with Crippen molar-refractivity contribution in [3.8, 4) is 0 Å². The van der Waals surface area contributed by atoms with Crippen LogP contribution in [0.1, 0.15) is 24.8 Å². The van der Waals surface area contributed by atoms with Crippen molar-refractivity contribution in [2.24, 2.45) is 0 Å². The Labute approximate surface area is 94.4 Å². The molecule has 1 fully saturated rings. The molecule has 1 aliphatic rings. The van der Waals surface area contributed by atoms with Crippen LogP contribution in [0.3, 0.4) is 0 Å². The highest BCUT2D eigenvalue weighted by molar-refractivity contribution is 5.83. The number of rotatable bonds is 3. The van der Waals surface area contributed by atoms with E-state index in [9.17, 15) is 9.18 Å². The first kappa shape index (κ1) is 11.3. The van der Waals surface area contributed by atoms with Gasteiger partial charge in [0.05, 0.1) is 12.7 Å². The Bertz CT molecular complexity index is 350. The first-order chi connectivity index (χ1) is 7.75. The zero-order valence-corrected chi connectivity index (χ0v) is 9.06. The second-order valence-electron chi connectivity index (χ2n) is 4.13. The number of ketones is 1. The Balaban J connectivity index is 1.81. The normalized spacial score (nSPS) is 25.7. The summed E-state index contributed by atoms with van der Waals surface area (Å²) in [5.41, 5.74) is 1.08. The fourth-order valence-electron chi connectivity index (χ4n) is 1.88. The maximum Gasteiger partial charge on any atom is 0.167 e. The Kier molecular flexibility index (Phi) is 3.67. The minimum absolute atomic E-state index is 0.118. The maximum absolute atomic E-state index is 13.1. The Morgan fingerprint density at radius 1 is 1.31 bits per heavy atom. The van der Waals surface area contributed by atoms with E-state index < -0.39 is 6.17 Å². The molecule has 2 nitrogen and oxygen atoms in total. The van der Waals surface area contributed by atoms with Gasteiger partial charge in [0.2, 0.25) is 0 Å². The van der Waals surface area contributed by atoms with E-state index in [1.54, 1.807) is 0 Å². The number of hydrogen-bond acceptors (Lipinski definition) is 2. The molecule has 0 aliphatic heterocycles. The summed E-state index contributed by atoms with van der Waals surface area (Å²) in [4.78, 5) is 11.0. The largest absolute Gasteiger partial charge is 0.373 e. The first-order valence-electron chi connectivity index (χ1n) is 5.58. The van der Waals surface area contributed by atoms with E-state index in [0.29, 0.717) is 19.4 Å². The van der Waals surface area contributed by atoms with Gasteiger partial charge in [-0.1, -0.05) is 30.3 Å². The predicted molar refractivity (Wildman–Crippen MR) is 58.8 cm³/mol. The zero-order valence-electron chi connectivity index (χ0n) is 9.06. The summed E-state index contributed by atoms with van der Waals surface area (Å²) < 4.78 is 18.7. The van der Waals surface area contributed by atoms with E-state index in [1.165, 1.54) is 0 Å². The van der Waals surface area contributed by atoms with Crippen LogP contribution < -0.4 is 0 Å². The van der Waals surface area contributed by atoms with Crippen LogP contribution in [0.15, 0.2) is 30.3 Å². The molecule has 2 rings (SSSR count). The maximum atomic E-state index is 13.1. The summed E-state index contributed by atoms with van der Waals surface area (Å²) in [6.45, 7) is 0.492. The van der Waals surface area contributed by atoms with Gasteiger partial charge in [-0.2, -0.15) is 0 Å². The molecule has 16 heavy (non-hydrogen) atoms. The number of benzene rings is 1. The van der Waals surface area contributed by atoms with Crippen molar-refractivity contribution in [2.45, 2.75) is 38.1 Å². The van der Waals surface area contributed by atoms with Crippen LogP contribution in [-0.4, -0.2) is 18.1 Å². The molecular weight excluding hydrogens is 207 g/mol. The van der Waals surface area contributed by atoms with E-state index in [2.05, 4.69) is 0 Å². The average molecular weight is 222 g/mol. The van der Waals surface area contributed by atoms with E-state index >= 15 is 0 Å². The number of carbonyl (C=O) groups excluding carboxylic acids is 1. The van der Waals surface area contributed by atoms with Gasteiger partial charge in [0.15, 0.2) is 12.0 Å². The van der Waals surface area contributed by atoms with Crippen LogP contribution in [0.4, 0.5) is 4.39 Å². The summed E-state index contributed by atoms with van der Waals surface area (Å²) in [7, 11) is 0. The van der Waals surface area contributed by atoms with Crippen LogP contribution in [0, 0.1) is 0 Å². The highest BCUT2D eigenvalue weighted by Crippen LogP contribution is 2.21. The molecule has 0 spiro atoms. The summed E-state index contributed by atoms with van der Waals surface area (Å²) in [6.07, 6.45) is -0.277. The molecule has 0 aromatic heterocycles. The SMILES string of the molecule is O=C1CC[C@@H](OCc2ccccc2)C[C@H]1F. The number of alkyl halides is 1. The van der Waals surface area contributed by atoms with Crippen molar-refractivity contribution in [2.75, 3.05) is 0 Å². The third kappa shape index (κ3) is 2.89. The fraction of sp³-hybridized carbons (Fsp3) is 0.462. The van der Waals surface area contributed by atoms with Gasteiger partial charge in [0.1, 0.15) is 0 Å². The third-order valence-electron chi connectivity index (χ3n) is 2.86. The van der Waals surface area contributed by atoms with Crippen molar-refractivity contribution in [1.82, 2.24) is 0 Å². The molecule has 0 saturated heterocycles. The summed E-state index contributed by atoms with van der Waals surface area (Å²) in [5.74, 6) is -0.278. The average Bonchev–Trinajstić information content (AvgIpc) is 2.32. The Morgan fingerprint density at radius 3 is 2.75 bits per heavy atom. The van der Waals surface area contributed by atoms with Crippen molar-refractivity contribution < 1.29 is 13.9 Å². The molecule has 0 amide bonds. The monoisotopic (exact) mass is 222 g/mol. The lowest BCUT2D eigenvalue weighted by atomic mass is 9.95. The molecule has 86 valence electrons. The standard InChI is InChI=1S/C13H15FO2/c14-12-8-11(6-7-13(12)15)16-9-10-4-2-1-3-5-10/h1-5,11-12H,6-9H2/t11-,12-/m1/s1. The van der Waals surface area contributed by atoms with Crippen molar-refractivity contribution in [3.63, 3.8) is 0 Å². The number of ether oxygens (including phenoxy) is 1. The molecule has 1 aliphatic carbocycles. The highest BCUT2D eigenvalue weighted by atomic mass is 19.1. The molecule has 0 unspecified atom stereocenters. The van der Waals surface area contributed by atoms with Gasteiger partial charge in [-0.15, -0.1) is 0 Å². The van der Waals surface area contributed by atoms with Crippen molar-refractivity contribution >= 4 is 5.78 Å². The highest BCUT2D eigenvalue weighted by Gasteiger charge is 2.28. The molecule has 0 N–H and O–H groups in total. The number of halogens is 1. The molecule has 1 saturated carbocycles. The van der Waals surface area contributed by atoms with Crippen molar-refractivity contribution in [3.05, 3.63) is 35.9 Å². The molecule has 2 atom stereocenters. The number of Topliss-reactive ketones (excluding diaryl/α,β-unsaturated/α-hetero) is 1. The van der Waals surface area contributed by atoms with Gasteiger partial charge < -0.3 is 4.74 Å². The molecule has 0 heterocycles. The smallest absolute Gasteiger partial charge is 0.167 e. The minimum Gasteiger partial charge on any atom is -0.373 e. The number of hydrogen-bond donors (Lipinski definition) is 0. The van der Waals surface area contributed by atoms with Crippen LogP contribution in [0.5, 0.6) is 0 Å². The lowest BCUT2D eigenvalue weighted by Crippen LogP contribution is -2.30. The van der Waals surface area contributed by atoms with E-state index in [4.69, 9.17) is 4.74 Å². The van der Waals surface area contributed by atoms with Crippen LogP contribution in [0.2, 0.25) is 0 Å². The van der Waals surface area contributed by atoms with Gasteiger partial charge in [-0.3, -0.25) is 4.79 Å². The molecule has 0 bridgehead atoms. The first-order valence-corrected chi connectivity index (χ1v) is 5.58. The van der Waals surface area contributed by atoms with Crippen LogP contribution in [0.25, 0.3) is 0 Å².